The lowest BCUT2D eigenvalue weighted by Gasteiger charge is -2.32. The number of carbonyl (C=O) groups is 2. The summed E-state index contributed by atoms with van der Waals surface area (Å²) < 4.78 is 8.69. The molecule has 5 atom stereocenters. The number of nitrogens with zero attached hydrogens (tertiary/aromatic N) is 4. The Labute approximate surface area is 258 Å². The number of nitrogens with one attached hydrogen (secondary N) is 2. The summed E-state index contributed by atoms with van der Waals surface area (Å²) in [6.07, 6.45) is 4.13. The molecule has 3 aliphatic heterocycles. The van der Waals surface area contributed by atoms with E-state index in [1.807, 2.05) is 74.7 Å². The molecule has 2 fully saturated rings. The van der Waals surface area contributed by atoms with Crippen molar-refractivity contribution in [3.63, 3.8) is 0 Å². The number of anilines is 3. The van der Waals surface area contributed by atoms with Crippen LogP contribution in [0.3, 0.4) is 0 Å². The van der Waals surface area contributed by atoms with Crippen molar-refractivity contribution in [1.29, 1.82) is 0 Å². The van der Waals surface area contributed by atoms with Gasteiger partial charge in [-0.2, -0.15) is 0 Å². The molecule has 1 spiro atoms. The van der Waals surface area contributed by atoms with Gasteiger partial charge in [-0.05, 0) is 69.2 Å². The average molecular weight is 619 g/mol. The maximum atomic E-state index is 14.7. The molecule has 2 saturated heterocycles. The van der Waals surface area contributed by atoms with Crippen LogP contribution in [0.4, 0.5) is 17.1 Å². The van der Waals surface area contributed by atoms with E-state index in [0.717, 1.165) is 25.1 Å². The zero-order valence-electron chi connectivity index (χ0n) is 25.6. The van der Waals surface area contributed by atoms with E-state index in [9.17, 15) is 19.5 Å². The van der Waals surface area contributed by atoms with Crippen molar-refractivity contribution in [2.75, 3.05) is 29.9 Å². The van der Waals surface area contributed by atoms with Gasteiger partial charge in [0.2, 0.25) is 5.91 Å². The number of fused-ring (bicyclic) bond motifs is 2. The number of rotatable bonds is 9. The van der Waals surface area contributed by atoms with Crippen LogP contribution >= 0.6 is 0 Å². The summed E-state index contributed by atoms with van der Waals surface area (Å²) in [6, 6.07) is 15.2. The Morgan fingerprint density at radius 1 is 1.23 bits per heavy atom. The summed E-state index contributed by atoms with van der Waals surface area (Å²) in [4.78, 5) is 41.2. The van der Waals surface area contributed by atoms with E-state index in [4.69, 9.17) is 4.74 Å². The number of para-hydroxylation sites is 1. The minimum absolute atomic E-state index is 0.00371. The molecule has 3 aromatic rings. The molecular formula is C32H42N6O5Si. The summed E-state index contributed by atoms with van der Waals surface area (Å²) in [5.74, 6) is -0.681. The van der Waals surface area contributed by atoms with E-state index in [2.05, 4.69) is 20.9 Å². The Morgan fingerprint density at radius 3 is 2.73 bits per heavy atom. The highest BCUT2D eigenvalue weighted by atomic mass is 28.4. The van der Waals surface area contributed by atoms with E-state index in [-0.39, 0.29) is 35.8 Å². The van der Waals surface area contributed by atoms with Crippen LogP contribution in [0.2, 0.25) is 18.6 Å². The number of benzene rings is 2. The normalized spacial score (nSPS) is 26.8. The lowest BCUT2D eigenvalue weighted by molar-refractivity contribution is -0.145. The summed E-state index contributed by atoms with van der Waals surface area (Å²) in [5.41, 5.74) is 1.89. The number of ether oxygens (including phenoxy) is 1. The van der Waals surface area contributed by atoms with Crippen molar-refractivity contribution in [2.45, 2.75) is 69.5 Å². The highest BCUT2D eigenvalue weighted by Gasteiger charge is 2.66. The predicted molar refractivity (Wildman–Crippen MR) is 169 cm³/mol. The van der Waals surface area contributed by atoms with E-state index in [1.54, 1.807) is 9.58 Å². The van der Waals surface area contributed by atoms with Crippen molar-refractivity contribution in [3.8, 4) is 0 Å². The van der Waals surface area contributed by atoms with Gasteiger partial charge in [0.15, 0.2) is 13.9 Å². The first-order chi connectivity index (χ1) is 21.1. The van der Waals surface area contributed by atoms with Gasteiger partial charge >= 0.3 is 0 Å². The molecular weight excluding hydrogens is 576 g/mol. The fourth-order valence-electron chi connectivity index (χ4n) is 7.44. The van der Waals surface area contributed by atoms with Gasteiger partial charge in [-0.25, -0.2) is 0 Å². The quantitative estimate of drug-likeness (QED) is 0.268. The SMILES string of the molecule is C[C@H]1[C@H]([Si](C)(C)O)[C@@H](CCn2cc(CCO)nn2)O[C@]12C(=O)N(c1ccccc1)c1ccc(NC(=O)C3CCCNC3)cc12. The van der Waals surface area contributed by atoms with Gasteiger partial charge in [0, 0.05) is 60.7 Å². The van der Waals surface area contributed by atoms with Crippen LogP contribution < -0.4 is 15.5 Å². The van der Waals surface area contributed by atoms with Crippen molar-refractivity contribution in [3.05, 3.63) is 66.0 Å². The van der Waals surface area contributed by atoms with E-state index in [1.165, 1.54) is 0 Å². The van der Waals surface area contributed by atoms with Crippen LogP contribution in [0.25, 0.3) is 0 Å². The molecule has 1 unspecified atom stereocenters. The molecule has 2 amide bonds. The highest BCUT2D eigenvalue weighted by Crippen LogP contribution is 2.61. The standard InChI is InChI=1S/C32H42N6O5Si/c1-21-29(44(2,3)42)28(13-16-37-20-24(14-17-39)35-36-37)43-32(21)26-18-23(34-30(40)22-8-7-15-33-19-22)11-12-27(26)38(31(32)41)25-9-5-4-6-10-25/h4-6,9-12,18,20-22,28-29,33,39,42H,7-8,13-17,19H2,1-3H3,(H,34,40)/t21-,22?,28+,29-,32+/m0/s1. The van der Waals surface area contributed by atoms with E-state index < -0.39 is 20.0 Å². The second kappa shape index (κ2) is 12.2. The zero-order chi connectivity index (χ0) is 31.1. The lowest BCUT2D eigenvalue weighted by Crippen LogP contribution is -2.45. The van der Waals surface area contributed by atoms with E-state index >= 15 is 0 Å². The molecule has 11 nitrogen and oxygen atoms in total. The maximum absolute atomic E-state index is 14.7. The van der Waals surface area contributed by atoms with Gasteiger partial charge in [-0.15, -0.1) is 5.10 Å². The lowest BCUT2D eigenvalue weighted by atomic mass is 9.82. The van der Waals surface area contributed by atoms with Crippen molar-refractivity contribution >= 4 is 37.2 Å². The van der Waals surface area contributed by atoms with Crippen molar-refractivity contribution in [2.24, 2.45) is 11.8 Å². The zero-order valence-corrected chi connectivity index (χ0v) is 26.6. The Morgan fingerprint density at radius 2 is 2.02 bits per heavy atom. The first kappa shape index (κ1) is 30.6. The van der Waals surface area contributed by atoms with Crippen LogP contribution in [-0.4, -0.2) is 70.8 Å². The topological polar surface area (TPSA) is 142 Å². The molecule has 44 heavy (non-hydrogen) atoms. The van der Waals surface area contributed by atoms with Crippen LogP contribution in [0, 0.1) is 11.8 Å². The van der Waals surface area contributed by atoms with Gasteiger partial charge in [0.1, 0.15) is 0 Å². The second-order valence-electron chi connectivity index (χ2n) is 12.8. The number of piperidine rings is 1. The smallest absolute Gasteiger partial charge is 0.268 e. The van der Waals surface area contributed by atoms with Gasteiger partial charge in [0.05, 0.1) is 23.4 Å². The fourth-order valence-corrected chi connectivity index (χ4v) is 10.0. The molecule has 4 N–H and O–H groups in total. The molecule has 0 aliphatic carbocycles. The molecule has 0 saturated carbocycles. The third-order valence-electron chi connectivity index (χ3n) is 9.44. The summed E-state index contributed by atoms with van der Waals surface area (Å²) in [6.45, 7) is 7.88. The first-order valence-corrected chi connectivity index (χ1v) is 18.6. The molecule has 0 radical (unpaired) electrons. The predicted octanol–water partition coefficient (Wildman–Crippen LogP) is 3.32. The van der Waals surface area contributed by atoms with Gasteiger partial charge in [-0.3, -0.25) is 19.2 Å². The Hall–Kier alpha value is -3.42. The maximum Gasteiger partial charge on any atom is 0.268 e. The number of aromatic nitrogens is 3. The van der Waals surface area contributed by atoms with Crippen molar-refractivity contribution in [1.82, 2.24) is 20.3 Å². The number of amides is 2. The molecule has 6 rings (SSSR count). The minimum atomic E-state index is -2.85. The average Bonchev–Trinajstić information content (AvgIpc) is 3.66. The number of carbonyl (C=O) groups excluding carboxylic acids is 2. The van der Waals surface area contributed by atoms with Gasteiger partial charge in [-0.1, -0.05) is 30.3 Å². The summed E-state index contributed by atoms with van der Waals surface area (Å²) >= 11 is 0. The molecule has 3 aliphatic rings. The largest absolute Gasteiger partial charge is 0.432 e. The fraction of sp³-hybridized carbons (Fsp3) is 0.500. The number of aliphatic hydroxyl groups is 1. The third-order valence-corrected chi connectivity index (χ3v) is 11.9. The molecule has 0 bridgehead atoms. The Balaban J connectivity index is 1.38. The number of aliphatic hydroxyl groups excluding tert-OH is 1. The molecule has 234 valence electrons. The van der Waals surface area contributed by atoms with Crippen LogP contribution in [0.1, 0.15) is 37.4 Å². The van der Waals surface area contributed by atoms with Crippen molar-refractivity contribution < 1.29 is 24.2 Å². The molecule has 2 aromatic carbocycles. The Kier molecular flexibility index (Phi) is 8.46. The number of aryl methyl sites for hydroxylation is 1. The summed E-state index contributed by atoms with van der Waals surface area (Å²) in [7, 11) is -2.85. The third kappa shape index (κ3) is 5.49. The summed E-state index contributed by atoms with van der Waals surface area (Å²) in [5, 5.41) is 24.0. The van der Waals surface area contributed by atoms with Crippen LogP contribution in [0.15, 0.2) is 54.7 Å². The monoisotopic (exact) mass is 618 g/mol. The minimum Gasteiger partial charge on any atom is -0.432 e. The van der Waals surface area contributed by atoms with E-state index in [0.29, 0.717) is 48.6 Å². The van der Waals surface area contributed by atoms with Gasteiger partial charge < -0.3 is 25.3 Å². The van der Waals surface area contributed by atoms with Crippen LogP contribution in [-0.2, 0) is 32.9 Å². The number of hydrogen-bond acceptors (Lipinski definition) is 8. The number of hydrogen-bond donors (Lipinski definition) is 4. The van der Waals surface area contributed by atoms with Gasteiger partial charge in [0.25, 0.3) is 5.91 Å². The molecule has 1 aromatic heterocycles. The highest BCUT2D eigenvalue weighted by molar-refractivity contribution is 6.71. The molecule has 12 heteroatoms. The first-order valence-electron chi connectivity index (χ1n) is 15.6. The Bertz CT molecular complexity index is 1500. The van der Waals surface area contributed by atoms with Crippen LogP contribution in [0.5, 0.6) is 0 Å². The molecule has 4 heterocycles. The second-order valence-corrected chi connectivity index (χ2v) is 16.8.